The molecule has 0 fully saturated rings. The van der Waals surface area contributed by atoms with Crippen molar-refractivity contribution in [3.8, 4) is 0 Å². The lowest BCUT2D eigenvalue weighted by Gasteiger charge is -1.92. The van der Waals surface area contributed by atoms with E-state index in [0.717, 1.165) is 0 Å². The van der Waals surface area contributed by atoms with Gasteiger partial charge in [-0.15, -0.1) is 0 Å². The number of hydrogen-bond donors (Lipinski definition) is 0. The fraction of sp³-hybridized carbons (Fsp3) is 0.524. The number of hydrogen-bond acceptors (Lipinski definition) is 0. The van der Waals surface area contributed by atoms with Crippen LogP contribution < -0.4 is 0 Å². The van der Waals surface area contributed by atoms with Crippen LogP contribution in [0.15, 0.2) is 48.5 Å². The summed E-state index contributed by atoms with van der Waals surface area (Å²) in [5.74, 6) is 0. The maximum absolute atomic E-state index is 2.18. The Balaban J connectivity index is -0.000000251. The molecule has 0 nitrogen and oxygen atoms in total. The number of rotatable bonds is 1. The van der Waals surface area contributed by atoms with Crippen molar-refractivity contribution in [2.24, 2.45) is 0 Å². The molecule has 0 heterocycles. The minimum absolute atomic E-state index is 1.25. The van der Waals surface area contributed by atoms with Crippen LogP contribution >= 0.6 is 0 Å². The summed E-state index contributed by atoms with van der Waals surface area (Å²) in [5.41, 5.74) is 0. The van der Waals surface area contributed by atoms with Gasteiger partial charge < -0.3 is 0 Å². The van der Waals surface area contributed by atoms with Crippen LogP contribution in [-0.4, -0.2) is 0 Å². The third kappa shape index (κ3) is 16.6. The summed E-state index contributed by atoms with van der Waals surface area (Å²) in [6.45, 7) is 16.6. The molecule has 2 aromatic rings. The molecule has 2 rings (SSSR count). The van der Waals surface area contributed by atoms with E-state index < -0.39 is 0 Å². The van der Waals surface area contributed by atoms with Crippen molar-refractivity contribution >= 4 is 10.8 Å². The largest absolute Gasteiger partial charge is 0.0683 e. The molecule has 0 spiro atoms. The molecule has 0 bridgehead atoms. The molecule has 0 aliphatic heterocycles. The van der Waals surface area contributed by atoms with E-state index in [-0.39, 0.29) is 0 Å². The van der Waals surface area contributed by atoms with Crippen LogP contribution in [0.1, 0.15) is 74.7 Å². The second-order valence-corrected chi connectivity index (χ2v) is 4.05. The summed E-state index contributed by atoms with van der Waals surface area (Å²) < 4.78 is 0. The van der Waals surface area contributed by atoms with Crippen molar-refractivity contribution in [1.82, 2.24) is 0 Å². The van der Waals surface area contributed by atoms with E-state index >= 15 is 0 Å². The van der Waals surface area contributed by atoms with Gasteiger partial charge in [0.25, 0.3) is 0 Å². The normalized spacial score (nSPS) is 7.62. The van der Waals surface area contributed by atoms with Crippen LogP contribution in [0.3, 0.4) is 0 Å². The smallest absolute Gasteiger partial charge is 0.0184 e. The van der Waals surface area contributed by atoms with E-state index in [9.17, 15) is 0 Å². The molecule has 21 heavy (non-hydrogen) atoms. The zero-order chi connectivity index (χ0) is 16.9. The Bertz CT molecular complexity index is 309. The van der Waals surface area contributed by atoms with Crippen LogP contribution in [0.4, 0.5) is 0 Å². The van der Waals surface area contributed by atoms with Gasteiger partial charge in [0.05, 0.1) is 0 Å². The van der Waals surface area contributed by atoms with Gasteiger partial charge in [-0.05, 0) is 10.8 Å². The third-order valence-electron chi connectivity index (χ3n) is 2.16. The average molecular weight is 291 g/mol. The Morgan fingerprint density at radius 2 is 0.714 bits per heavy atom. The Morgan fingerprint density at radius 3 is 0.857 bits per heavy atom. The Labute approximate surface area is 134 Å². The first-order valence-corrected chi connectivity index (χ1v) is 8.73. The second kappa shape index (κ2) is 23.8. The molecule has 0 heteroatoms. The molecule has 0 radical (unpaired) electrons. The molecule has 0 saturated heterocycles. The molecule has 0 unspecified atom stereocenters. The van der Waals surface area contributed by atoms with E-state index in [0.29, 0.717) is 0 Å². The first-order valence-electron chi connectivity index (χ1n) is 8.73. The standard InChI is InChI=1S/C10H8.C4H10.C3H8.2C2H6/c1-2-6-10-8-4-3-7-9(10)5-1;1-3-4-2;1-3-2;2*1-2/h1-8H;3-4H2,1-2H3;3H2,1-2H3;2*1-2H3. The van der Waals surface area contributed by atoms with Crippen molar-refractivity contribution in [2.75, 3.05) is 0 Å². The van der Waals surface area contributed by atoms with Gasteiger partial charge in [0, 0.05) is 0 Å². The van der Waals surface area contributed by atoms with Gasteiger partial charge in [-0.3, -0.25) is 0 Å². The fourth-order valence-corrected chi connectivity index (χ4v) is 1.13. The van der Waals surface area contributed by atoms with Crippen LogP contribution in [0, 0.1) is 0 Å². The zero-order valence-electron chi connectivity index (χ0n) is 15.7. The molecule has 122 valence electrons. The third-order valence-corrected chi connectivity index (χ3v) is 2.16. The van der Waals surface area contributed by atoms with Gasteiger partial charge in [0.1, 0.15) is 0 Å². The van der Waals surface area contributed by atoms with Crippen LogP contribution in [0.5, 0.6) is 0 Å². The Morgan fingerprint density at radius 1 is 0.524 bits per heavy atom. The minimum atomic E-state index is 1.25. The molecule has 0 N–H and O–H groups in total. The van der Waals surface area contributed by atoms with E-state index in [1.807, 2.05) is 27.7 Å². The molecule has 0 atom stereocenters. The van der Waals surface area contributed by atoms with E-state index in [1.54, 1.807) is 0 Å². The summed E-state index contributed by atoms with van der Waals surface area (Å²) in [6, 6.07) is 16.7. The van der Waals surface area contributed by atoms with E-state index in [2.05, 4.69) is 76.2 Å². The van der Waals surface area contributed by atoms with Crippen molar-refractivity contribution in [2.45, 2.75) is 74.7 Å². The molecule has 0 amide bonds. The van der Waals surface area contributed by atoms with E-state index in [1.165, 1.54) is 30.0 Å². The topological polar surface area (TPSA) is 0 Å². The van der Waals surface area contributed by atoms with Gasteiger partial charge >= 0.3 is 0 Å². The maximum atomic E-state index is 2.18. The molecular weight excluding hydrogens is 252 g/mol. The predicted molar refractivity (Wildman–Crippen MR) is 103 cm³/mol. The summed E-state index contributed by atoms with van der Waals surface area (Å²) >= 11 is 0. The van der Waals surface area contributed by atoms with Crippen LogP contribution in [0.2, 0.25) is 0 Å². The molecule has 0 aliphatic rings. The average Bonchev–Trinajstić information content (AvgIpc) is 2.59. The summed E-state index contributed by atoms with van der Waals surface area (Å²) in [5, 5.41) is 2.62. The highest BCUT2D eigenvalue weighted by molar-refractivity contribution is 5.81. The SMILES string of the molecule is CC.CC.CCC.CCCC.c1ccc2ccccc2c1. The highest BCUT2D eigenvalue weighted by Gasteiger charge is 1.85. The Kier molecular flexibility index (Phi) is 28.0. The highest BCUT2D eigenvalue weighted by Crippen LogP contribution is 2.11. The van der Waals surface area contributed by atoms with Gasteiger partial charge in [-0.1, -0.05) is 123 Å². The summed E-state index contributed by atoms with van der Waals surface area (Å²) in [6.07, 6.45) is 3.89. The number of benzene rings is 2. The lowest BCUT2D eigenvalue weighted by atomic mass is 10.1. The number of unbranched alkanes of at least 4 members (excludes halogenated alkanes) is 1. The first-order chi connectivity index (χ1) is 10.3. The molecule has 0 aromatic heterocycles. The predicted octanol–water partition coefficient (Wildman–Crippen LogP) is 8.11. The van der Waals surface area contributed by atoms with Gasteiger partial charge in [-0.25, -0.2) is 0 Å². The zero-order valence-corrected chi connectivity index (χ0v) is 15.7. The quantitative estimate of drug-likeness (QED) is 0.497. The van der Waals surface area contributed by atoms with Gasteiger partial charge in [0.2, 0.25) is 0 Å². The van der Waals surface area contributed by atoms with E-state index in [4.69, 9.17) is 0 Å². The van der Waals surface area contributed by atoms with Gasteiger partial charge in [-0.2, -0.15) is 0 Å². The van der Waals surface area contributed by atoms with Crippen molar-refractivity contribution < 1.29 is 0 Å². The Hall–Kier alpha value is -1.30. The monoisotopic (exact) mass is 290 g/mol. The van der Waals surface area contributed by atoms with Crippen molar-refractivity contribution in [3.63, 3.8) is 0 Å². The summed E-state index contributed by atoms with van der Waals surface area (Å²) in [7, 11) is 0. The first kappa shape index (κ1) is 24.7. The maximum Gasteiger partial charge on any atom is -0.0184 e. The van der Waals surface area contributed by atoms with Crippen molar-refractivity contribution in [1.29, 1.82) is 0 Å². The molecule has 0 aliphatic carbocycles. The highest BCUT2D eigenvalue weighted by atomic mass is 13.9. The molecule has 2 aromatic carbocycles. The summed E-state index contributed by atoms with van der Waals surface area (Å²) in [4.78, 5) is 0. The van der Waals surface area contributed by atoms with Gasteiger partial charge in [0.15, 0.2) is 0 Å². The molecular formula is C21H38. The van der Waals surface area contributed by atoms with Crippen LogP contribution in [-0.2, 0) is 0 Å². The molecule has 0 saturated carbocycles. The minimum Gasteiger partial charge on any atom is -0.0683 e. The second-order valence-electron chi connectivity index (χ2n) is 4.05. The lowest BCUT2D eigenvalue weighted by molar-refractivity contribution is 0.886. The number of fused-ring (bicyclic) bond motifs is 1. The van der Waals surface area contributed by atoms with Crippen molar-refractivity contribution in [3.05, 3.63) is 48.5 Å². The fourth-order valence-electron chi connectivity index (χ4n) is 1.13. The van der Waals surface area contributed by atoms with Crippen LogP contribution in [0.25, 0.3) is 10.8 Å². The lowest BCUT2D eigenvalue weighted by Crippen LogP contribution is -1.67.